The van der Waals surface area contributed by atoms with Crippen molar-refractivity contribution in [2.24, 2.45) is 0 Å². The van der Waals surface area contributed by atoms with Gasteiger partial charge in [0.2, 0.25) is 0 Å². The molecule has 68 heavy (non-hydrogen) atoms. The minimum absolute atomic E-state index is 0.0312. The second-order valence-corrected chi connectivity index (χ2v) is 17.7. The first-order valence-corrected chi connectivity index (χ1v) is 22.8. The molecule has 320 valence electrons. The van der Waals surface area contributed by atoms with Crippen molar-refractivity contribution in [3.63, 3.8) is 0 Å². The van der Waals surface area contributed by atoms with Crippen LogP contribution in [0, 0.1) is 0 Å². The maximum Gasteiger partial charge on any atom is 0.265 e. The number of hydrogen-bond donors (Lipinski definition) is 0. The van der Waals surface area contributed by atoms with E-state index in [4.69, 9.17) is 0 Å². The zero-order chi connectivity index (χ0) is 45.6. The summed E-state index contributed by atoms with van der Waals surface area (Å²) in [6, 6.07) is 71.7. The number of rotatable bonds is 8. The molecule has 0 N–H and O–H groups in total. The number of carbonyl (C=O) groups excluding carboxylic acids is 4. The highest BCUT2D eigenvalue weighted by atomic mass is 16.2. The van der Waals surface area contributed by atoms with Crippen molar-refractivity contribution in [1.82, 2.24) is 0 Å². The minimum atomic E-state index is -0.391. The normalized spacial score (nSPS) is 13.6. The predicted octanol–water partition coefficient (Wildman–Crippen LogP) is 13.7. The molecule has 0 radical (unpaired) electrons. The van der Waals surface area contributed by atoms with Crippen LogP contribution < -0.4 is 9.80 Å². The Hall–Kier alpha value is -9.00. The van der Waals surface area contributed by atoms with Crippen LogP contribution in [0.5, 0.6) is 0 Å². The van der Waals surface area contributed by atoms with Gasteiger partial charge in [0, 0.05) is 44.9 Å². The van der Waals surface area contributed by atoms with Gasteiger partial charge in [0.05, 0.1) is 11.4 Å². The van der Waals surface area contributed by atoms with E-state index in [0.717, 1.165) is 65.7 Å². The highest BCUT2D eigenvalue weighted by Gasteiger charge is 2.38. The van der Waals surface area contributed by atoms with Gasteiger partial charge >= 0.3 is 0 Å². The Labute approximate surface area is 391 Å². The third-order valence-electron chi connectivity index (χ3n) is 14.1. The van der Waals surface area contributed by atoms with Gasteiger partial charge in [-0.15, -0.1) is 0 Å². The molecule has 0 spiro atoms. The van der Waals surface area contributed by atoms with Gasteiger partial charge in [-0.25, -0.2) is 9.80 Å². The molecule has 0 bridgehead atoms. The van der Waals surface area contributed by atoms with Crippen LogP contribution in [-0.4, -0.2) is 23.6 Å². The smallest absolute Gasteiger partial charge is 0.265 e. The van der Waals surface area contributed by atoms with E-state index in [0.29, 0.717) is 44.4 Å². The molecule has 2 aliphatic heterocycles. The van der Waals surface area contributed by atoms with Crippen LogP contribution in [0.2, 0.25) is 0 Å². The van der Waals surface area contributed by atoms with Gasteiger partial charge in [0.1, 0.15) is 0 Å². The molecule has 6 nitrogen and oxygen atoms in total. The van der Waals surface area contributed by atoms with Crippen molar-refractivity contribution in [3.05, 3.63) is 274 Å². The number of hydrogen-bond acceptors (Lipinski definition) is 4. The van der Waals surface area contributed by atoms with E-state index in [1.165, 1.54) is 9.80 Å². The lowest BCUT2D eigenvalue weighted by Crippen LogP contribution is -2.40. The van der Waals surface area contributed by atoms with Crippen LogP contribution in [0.3, 0.4) is 0 Å². The fourth-order valence-electron chi connectivity index (χ4n) is 11.1. The van der Waals surface area contributed by atoms with Gasteiger partial charge in [-0.2, -0.15) is 0 Å². The number of imide groups is 2. The molecule has 0 fully saturated rings. The first-order valence-electron chi connectivity index (χ1n) is 22.8. The van der Waals surface area contributed by atoms with Crippen molar-refractivity contribution < 1.29 is 19.2 Å². The number of benzene rings is 11. The monoisotopic (exact) mass is 874 g/mol. The Morgan fingerprint density at radius 2 is 0.471 bits per heavy atom. The van der Waals surface area contributed by atoms with E-state index >= 15 is 0 Å². The predicted molar refractivity (Wildman–Crippen MR) is 270 cm³/mol. The third kappa shape index (κ3) is 5.84. The summed E-state index contributed by atoms with van der Waals surface area (Å²) in [7, 11) is 0. The lowest BCUT2D eigenvalue weighted by molar-refractivity contribution is 0.0877. The summed E-state index contributed by atoms with van der Waals surface area (Å²) in [6.07, 6.45) is 0. The Morgan fingerprint density at radius 1 is 0.235 bits per heavy atom. The van der Waals surface area contributed by atoms with Crippen molar-refractivity contribution >= 4 is 78.1 Å². The Balaban J connectivity index is 0.868. The summed E-state index contributed by atoms with van der Waals surface area (Å²) in [5.74, 6) is -1.63. The molecule has 0 saturated carbocycles. The summed E-state index contributed by atoms with van der Waals surface area (Å²) < 4.78 is 0. The molecule has 0 unspecified atom stereocenters. The molecule has 11 aromatic carbocycles. The number of carbonyl (C=O) groups is 4. The fraction of sp³-hybridized carbons (Fsp3) is 0.0323. The molecule has 0 aromatic heterocycles. The highest BCUT2D eigenvalue weighted by Crippen LogP contribution is 2.47. The summed E-state index contributed by atoms with van der Waals surface area (Å²) >= 11 is 0. The molecule has 6 heteroatoms. The van der Waals surface area contributed by atoms with Gasteiger partial charge in [-0.1, -0.05) is 170 Å². The van der Waals surface area contributed by atoms with Gasteiger partial charge in [-0.05, 0) is 114 Å². The van der Waals surface area contributed by atoms with E-state index < -0.39 is 23.6 Å². The van der Waals surface area contributed by atoms with Crippen molar-refractivity contribution in [2.45, 2.75) is 11.8 Å². The lowest BCUT2D eigenvalue weighted by atomic mass is 9.82. The SMILES string of the molecule is O=C1c2ccc3c4ccc5c6c(ccc(c7ccc(c2c37)C(=O)N1c1ccc(C(c2ccccc2)c2ccccc2)cc1)c64)C(=O)N(c1ccc(C(c2ccccc2)c2ccccc2)cc1)C5=O. The van der Waals surface area contributed by atoms with Crippen LogP contribution >= 0.6 is 0 Å². The molecule has 0 atom stereocenters. The third-order valence-corrected chi connectivity index (χ3v) is 14.1. The summed E-state index contributed by atoms with van der Waals surface area (Å²) in [5, 5.41) is 6.19. The molecule has 13 rings (SSSR count). The van der Waals surface area contributed by atoms with Crippen molar-refractivity contribution in [2.75, 3.05) is 9.80 Å². The van der Waals surface area contributed by atoms with Gasteiger partial charge < -0.3 is 0 Å². The van der Waals surface area contributed by atoms with Gasteiger partial charge in [0.15, 0.2) is 0 Å². The number of amides is 4. The number of anilines is 2. The molecule has 0 aliphatic carbocycles. The highest BCUT2D eigenvalue weighted by molar-refractivity contribution is 6.45. The van der Waals surface area contributed by atoms with Crippen LogP contribution in [0.1, 0.15) is 86.6 Å². The summed E-state index contributed by atoms with van der Waals surface area (Å²) in [5.41, 5.74) is 9.42. The molecule has 4 amide bonds. The zero-order valence-electron chi connectivity index (χ0n) is 36.5. The average molecular weight is 875 g/mol. The van der Waals surface area contributed by atoms with Crippen LogP contribution in [0.25, 0.3) is 43.1 Å². The van der Waals surface area contributed by atoms with E-state index in [2.05, 4.69) is 48.5 Å². The first-order chi connectivity index (χ1) is 33.4. The Morgan fingerprint density at radius 3 is 0.721 bits per heavy atom. The zero-order valence-corrected chi connectivity index (χ0v) is 36.5. The standard InChI is InChI=1S/C62H38N2O4/c65-59-49-33-29-45-47-31-35-51-58-52(62(68)64(61(51)67)44-27-23-42(24-28-44)54(39-17-9-3-10-18-39)40-19-11-4-12-20-40)36-32-48(56(47)58)46-30-34-50(57(49)55(45)46)60(66)63(59)43-25-21-41(22-26-43)53(37-13-5-1-6-14-37)38-15-7-2-8-16-38/h1-36,53-54H. The second-order valence-electron chi connectivity index (χ2n) is 17.7. The van der Waals surface area contributed by atoms with Gasteiger partial charge in [0.25, 0.3) is 23.6 Å². The maximum atomic E-state index is 14.6. The van der Waals surface area contributed by atoms with E-state index in [1.54, 1.807) is 0 Å². The van der Waals surface area contributed by atoms with Crippen LogP contribution in [0.15, 0.2) is 218 Å². The molecule has 2 heterocycles. The maximum absolute atomic E-state index is 14.6. The van der Waals surface area contributed by atoms with Crippen molar-refractivity contribution in [1.29, 1.82) is 0 Å². The quantitative estimate of drug-likeness (QED) is 0.0660. The van der Waals surface area contributed by atoms with Crippen molar-refractivity contribution in [3.8, 4) is 0 Å². The van der Waals surface area contributed by atoms with E-state index in [9.17, 15) is 19.2 Å². The second kappa shape index (κ2) is 15.3. The molecule has 2 aliphatic rings. The molecule has 11 aromatic rings. The molecular weight excluding hydrogens is 837 g/mol. The first kappa shape index (κ1) is 39.4. The van der Waals surface area contributed by atoms with E-state index in [-0.39, 0.29) is 11.8 Å². The minimum Gasteiger partial charge on any atom is -0.268 e. The van der Waals surface area contributed by atoms with Crippen LogP contribution in [-0.2, 0) is 0 Å². The number of nitrogens with zero attached hydrogens (tertiary/aromatic N) is 2. The van der Waals surface area contributed by atoms with Gasteiger partial charge in [-0.3, -0.25) is 19.2 Å². The summed E-state index contributed by atoms with van der Waals surface area (Å²) in [6.45, 7) is 0. The average Bonchev–Trinajstić information content (AvgIpc) is 3.39. The fourth-order valence-corrected chi connectivity index (χ4v) is 11.1. The molecule has 0 saturated heterocycles. The van der Waals surface area contributed by atoms with Crippen LogP contribution in [0.4, 0.5) is 11.4 Å². The topological polar surface area (TPSA) is 74.8 Å². The largest absolute Gasteiger partial charge is 0.268 e. The number of fused-ring (bicyclic) bond motifs is 2. The Kier molecular flexibility index (Phi) is 8.86. The molecular formula is C62H38N2O4. The summed E-state index contributed by atoms with van der Waals surface area (Å²) in [4.78, 5) is 61.0. The van der Waals surface area contributed by atoms with E-state index in [1.807, 2.05) is 170 Å². The Bertz CT molecular complexity index is 3400. The lowest BCUT2D eigenvalue weighted by Gasteiger charge is -2.30.